The van der Waals surface area contributed by atoms with Gasteiger partial charge in [-0.15, -0.1) is 0 Å². The molecule has 0 bridgehead atoms. The van der Waals surface area contributed by atoms with Gasteiger partial charge in [-0.2, -0.15) is 0 Å². The quantitative estimate of drug-likeness (QED) is 0.646. The molecule has 136 valence electrons. The second-order valence-corrected chi connectivity index (χ2v) is 7.38. The first kappa shape index (κ1) is 18.0. The Morgan fingerprint density at radius 1 is 1.12 bits per heavy atom. The summed E-state index contributed by atoms with van der Waals surface area (Å²) in [4.78, 5) is 23.5. The molecule has 0 amide bonds. The van der Waals surface area contributed by atoms with E-state index < -0.39 is 5.76 Å². The van der Waals surface area contributed by atoms with Crippen molar-refractivity contribution in [2.45, 2.75) is 39.7 Å². The smallest absolute Gasteiger partial charge is 0.420 e. The van der Waals surface area contributed by atoms with Crippen LogP contribution >= 0.6 is 0 Å². The van der Waals surface area contributed by atoms with Crippen molar-refractivity contribution in [1.82, 2.24) is 4.57 Å². The van der Waals surface area contributed by atoms with Gasteiger partial charge in [0.1, 0.15) is 12.4 Å². The summed E-state index contributed by atoms with van der Waals surface area (Å²) in [5.41, 5.74) is 2.93. The van der Waals surface area contributed by atoms with E-state index in [1.807, 2.05) is 12.1 Å². The molecule has 1 heterocycles. The zero-order valence-electron chi connectivity index (χ0n) is 15.5. The van der Waals surface area contributed by atoms with Gasteiger partial charge in [0.2, 0.25) is 0 Å². The second-order valence-electron chi connectivity index (χ2n) is 7.38. The van der Waals surface area contributed by atoms with Gasteiger partial charge in [-0.3, -0.25) is 9.36 Å². The van der Waals surface area contributed by atoms with Crippen molar-refractivity contribution in [1.29, 1.82) is 0 Å². The molecule has 26 heavy (non-hydrogen) atoms. The molecule has 0 N–H and O–H groups in total. The highest BCUT2D eigenvalue weighted by Gasteiger charge is 2.14. The van der Waals surface area contributed by atoms with Gasteiger partial charge < -0.3 is 9.15 Å². The van der Waals surface area contributed by atoms with Crippen molar-refractivity contribution in [3.8, 4) is 5.75 Å². The van der Waals surface area contributed by atoms with Gasteiger partial charge in [0.15, 0.2) is 11.4 Å². The Morgan fingerprint density at radius 2 is 1.81 bits per heavy atom. The summed E-state index contributed by atoms with van der Waals surface area (Å²) in [7, 11) is 0. The Balaban J connectivity index is 1.71. The number of nitrogens with zero attached hydrogens (tertiary/aromatic N) is 1. The average molecular weight is 353 g/mol. The number of ether oxygens (including phenoxy) is 1. The molecule has 0 aliphatic carbocycles. The number of Topliss-reactive ketones (excluding diaryl/α,β-unsaturated/α-hetero) is 1. The number of hydrogen-bond donors (Lipinski definition) is 0. The maximum atomic E-state index is 12.1. The van der Waals surface area contributed by atoms with Crippen LogP contribution in [0.15, 0.2) is 51.7 Å². The van der Waals surface area contributed by atoms with Gasteiger partial charge in [0.25, 0.3) is 0 Å². The highest BCUT2D eigenvalue weighted by Crippen LogP contribution is 2.24. The molecule has 3 rings (SSSR count). The standard InChI is InChI=1S/C21H23NO4/c1-14(23)15-5-10-18-19(13-15)26-20(24)22(18)11-12-25-17-8-6-16(7-9-17)21(2,3)4/h5-10,13H,11-12H2,1-4H3. The second kappa shape index (κ2) is 6.83. The number of carbonyl (C=O) groups is 1. The summed E-state index contributed by atoms with van der Waals surface area (Å²) in [5.74, 6) is 0.245. The summed E-state index contributed by atoms with van der Waals surface area (Å²) in [6.45, 7) is 8.68. The maximum Gasteiger partial charge on any atom is 0.420 e. The molecule has 5 heteroatoms. The Hall–Kier alpha value is -2.82. The molecule has 5 nitrogen and oxygen atoms in total. The highest BCUT2D eigenvalue weighted by molar-refractivity contribution is 5.96. The number of hydrogen-bond acceptors (Lipinski definition) is 4. The van der Waals surface area contributed by atoms with E-state index in [-0.39, 0.29) is 11.2 Å². The third-order valence-corrected chi connectivity index (χ3v) is 4.38. The normalized spacial score (nSPS) is 11.7. The summed E-state index contributed by atoms with van der Waals surface area (Å²) in [6.07, 6.45) is 0. The summed E-state index contributed by atoms with van der Waals surface area (Å²) >= 11 is 0. The molecule has 0 aliphatic heterocycles. The first-order valence-corrected chi connectivity index (χ1v) is 8.63. The Bertz CT molecular complexity index is 988. The highest BCUT2D eigenvalue weighted by atomic mass is 16.5. The van der Waals surface area contributed by atoms with E-state index in [1.165, 1.54) is 17.1 Å². The van der Waals surface area contributed by atoms with E-state index >= 15 is 0 Å². The lowest BCUT2D eigenvalue weighted by Crippen LogP contribution is -2.18. The minimum Gasteiger partial charge on any atom is -0.492 e. The molecule has 3 aromatic rings. The van der Waals surface area contributed by atoms with E-state index in [1.54, 1.807) is 18.2 Å². The van der Waals surface area contributed by atoms with Crippen molar-refractivity contribution >= 4 is 16.9 Å². The Labute approximate surface area is 152 Å². The van der Waals surface area contributed by atoms with Gasteiger partial charge in [-0.25, -0.2) is 4.79 Å². The minimum absolute atomic E-state index is 0.0654. The molecular weight excluding hydrogens is 330 g/mol. The van der Waals surface area contributed by atoms with E-state index in [4.69, 9.17) is 9.15 Å². The third-order valence-electron chi connectivity index (χ3n) is 4.38. The van der Waals surface area contributed by atoms with Crippen LogP contribution in [0.3, 0.4) is 0 Å². The van der Waals surface area contributed by atoms with Crippen LogP contribution in [0, 0.1) is 0 Å². The summed E-state index contributed by atoms with van der Waals surface area (Å²) in [5, 5.41) is 0. The van der Waals surface area contributed by atoms with E-state index in [0.29, 0.717) is 29.8 Å². The number of benzene rings is 2. The number of oxazole rings is 1. The molecule has 0 spiro atoms. The van der Waals surface area contributed by atoms with Crippen molar-refractivity contribution < 1.29 is 13.9 Å². The molecular formula is C21H23NO4. The van der Waals surface area contributed by atoms with Crippen molar-refractivity contribution in [3.63, 3.8) is 0 Å². The van der Waals surface area contributed by atoms with Crippen LogP contribution < -0.4 is 10.5 Å². The third kappa shape index (κ3) is 3.72. The predicted molar refractivity (Wildman–Crippen MR) is 101 cm³/mol. The molecule has 1 aromatic heterocycles. The van der Waals surface area contributed by atoms with Crippen LogP contribution in [0.25, 0.3) is 11.1 Å². The van der Waals surface area contributed by atoms with Crippen molar-refractivity contribution in [2.24, 2.45) is 0 Å². The van der Waals surface area contributed by atoms with Gasteiger partial charge in [-0.1, -0.05) is 32.9 Å². The molecule has 0 fully saturated rings. The fourth-order valence-electron chi connectivity index (χ4n) is 2.80. The zero-order chi connectivity index (χ0) is 18.9. The first-order valence-electron chi connectivity index (χ1n) is 8.63. The topological polar surface area (TPSA) is 61.4 Å². The Kier molecular flexibility index (Phi) is 4.72. The molecule has 0 saturated heterocycles. The van der Waals surface area contributed by atoms with Crippen LogP contribution in [0.1, 0.15) is 43.6 Å². The van der Waals surface area contributed by atoms with Gasteiger partial charge in [0.05, 0.1) is 12.1 Å². The van der Waals surface area contributed by atoms with Crippen LogP contribution in [-0.2, 0) is 12.0 Å². The maximum absolute atomic E-state index is 12.1. The van der Waals surface area contributed by atoms with Crippen LogP contribution in [0.5, 0.6) is 5.75 Å². The molecule has 0 aliphatic rings. The fraction of sp³-hybridized carbons (Fsp3) is 0.333. The van der Waals surface area contributed by atoms with E-state index in [2.05, 4.69) is 32.9 Å². The van der Waals surface area contributed by atoms with Gasteiger partial charge in [0, 0.05) is 5.56 Å². The number of aromatic nitrogens is 1. The molecule has 0 radical (unpaired) electrons. The van der Waals surface area contributed by atoms with E-state index in [9.17, 15) is 9.59 Å². The number of carbonyl (C=O) groups excluding carboxylic acids is 1. The summed E-state index contributed by atoms with van der Waals surface area (Å²) < 4.78 is 12.5. The van der Waals surface area contributed by atoms with Crippen LogP contribution in [-0.4, -0.2) is 17.0 Å². The lowest BCUT2D eigenvalue weighted by Gasteiger charge is -2.19. The Morgan fingerprint density at radius 3 is 2.42 bits per heavy atom. The van der Waals surface area contributed by atoms with Crippen molar-refractivity contribution in [3.05, 3.63) is 64.1 Å². The number of fused-ring (bicyclic) bond motifs is 1. The van der Waals surface area contributed by atoms with Crippen LogP contribution in [0.4, 0.5) is 0 Å². The monoisotopic (exact) mass is 353 g/mol. The van der Waals surface area contributed by atoms with Crippen molar-refractivity contribution in [2.75, 3.05) is 6.61 Å². The van der Waals surface area contributed by atoms with Gasteiger partial charge >= 0.3 is 5.76 Å². The molecule has 0 atom stereocenters. The molecule has 0 saturated carbocycles. The summed E-state index contributed by atoms with van der Waals surface area (Å²) in [6, 6.07) is 13.0. The lowest BCUT2D eigenvalue weighted by atomic mass is 9.87. The van der Waals surface area contributed by atoms with Gasteiger partial charge in [-0.05, 0) is 48.2 Å². The average Bonchev–Trinajstić information content (AvgIpc) is 2.89. The number of rotatable bonds is 5. The molecule has 2 aromatic carbocycles. The lowest BCUT2D eigenvalue weighted by molar-refractivity contribution is 0.101. The SMILES string of the molecule is CC(=O)c1ccc2c(c1)oc(=O)n2CCOc1ccc(C(C)(C)C)cc1. The van der Waals surface area contributed by atoms with E-state index in [0.717, 1.165) is 5.75 Å². The number of ketones is 1. The first-order chi connectivity index (χ1) is 12.3. The van der Waals surface area contributed by atoms with Crippen LogP contribution in [0.2, 0.25) is 0 Å². The zero-order valence-corrected chi connectivity index (χ0v) is 15.5. The minimum atomic E-state index is -0.451. The predicted octanol–water partition coefficient (Wildman–Crippen LogP) is 4.17. The largest absolute Gasteiger partial charge is 0.492 e. The fourth-order valence-corrected chi connectivity index (χ4v) is 2.80. The molecule has 0 unspecified atom stereocenters.